The Morgan fingerprint density at radius 1 is 1.32 bits per heavy atom. The summed E-state index contributed by atoms with van der Waals surface area (Å²) in [4.78, 5) is 24.8. The van der Waals surface area contributed by atoms with Crippen LogP contribution in [0.5, 0.6) is 0 Å². The SMILES string of the molecule is O=CC[n+]1cccnc1-c1ccc([N+](=O)[O-])cc1.[Br-]. The number of hydrogen-bond acceptors (Lipinski definition) is 4. The molecule has 0 unspecified atom stereocenters. The van der Waals surface area contributed by atoms with Crippen LogP contribution < -0.4 is 21.5 Å². The minimum Gasteiger partial charge on any atom is -1.00 e. The maximum Gasteiger partial charge on any atom is 0.330 e. The summed E-state index contributed by atoms with van der Waals surface area (Å²) in [5, 5.41) is 10.6. The predicted octanol–water partition coefficient (Wildman–Crippen LogP) is -1.85. The van der Waals surface area contributed by atoms with E-state index in [1.54, 1.807) is 35.2 Å². The minimum absolute atomic E-state index is 0. The summed E-state index contributed by atoms with van der Waals surface area (Å²) in [6, 6.07) is 7.77. The highest BCUT2D eigenvalue weighted by Gasteiger charge is 2.15. The van der Waals surface area contributed by atoms with E-state index in [4.69, 9.17) is 0 Å². The van der Waals surface area contributed by atoms with Crippen LogP contribution in [0.2, 0.25) is 0 Å². The second kappa shape index (κ2) is 6.69. The molecule has 0 spiro atoms. The molecule has 0 atom stereocenters. The first kappa shape index (κ1) is 14.9. The highest BCUT2D eigenvalue weighted by atomic mass is 79.9. The largest absolute Gasteiger partial charge is 1.00 e. The van der Waals surface area contributed by atoms with Gasteiger partial charge in [0.2, 0.25) is 0 Å². The molecule has 19 heavy (non-hydrogen) atoms. The Labute approximate surface area is 119 Å². The van der Waals surface area contributed by atoms with Crippen molar-refractivity contribution in [2.24, 2.45) is 0 Å². The molecule has 2 rings (SSSR count). The summed E-state index contributed by atoms with van der Waals surface area (Å²) in [7, 11) is 0. The van der Waals surface area contributed by atoms with Crippen LogP contribution in [0.15, 0.2) is 42.7 Å². The summed E-state index contributed by atoms with van der Waals surface area (Å²) in [5.74, 6) is 0.597. The third-order valence-electron chi connectivity index (χ3n) is 2.43. The zero-order valence-corrected chi connectivity index (χ0v) is 11.4. The number of halogens is 1. The Hall–Kier alpha value is -2.15. The number of carbonyl (C=O) groups is 1. The molecular weight excluding hydrogens is 314 g/mol. The van der Waals surface area contributed by atoms with Gasteiger partial charge in [-0.05, 0) is 17.1 Å². The van der Waals surface area contributed by atoms with Crippen LogP contribution in [0.3, 0.4) is 0 Å². The Morgan fingerprint density at radius 2 is 2.00 bits per heavy atom. The van der Waals surface area contributed by atoms with E-state index in [0.717, 1.165) is 11.8 Å². The quantitative estimate of drug-likeness (QED) is 0.286. The summed E-state index contributed by atoms with van der Waals surface area (Å²) in [5.41, 5.74) is 0.750. The molecule has 6 nitrogen and oxygen atoms in total. The lowest BCUT2D eigenvalue weighted by Gasteiger charge is -2.00. The van der Waals surface area contributed by atoms with Crippen LogP contribution in [0.1, 0.15) is 0 Å². The number of benzene rings is 1. The van der Waals surface area contributed by atoms with Crippen molar-refractivity contribution in [3.63, 3.8) is 0 Å². The van der Waals surface area contributed by atoms with Crippen LogP contribution in [-0.4, -0.2) is 16.2 Å². The fraction of sp³-hybridized carbons (Fsp3) is 0.0833. The standard InChI is InChI=1S/C12H10N3O3.BrH/c16-9-8-14-7-1-6-13-12(14)10-2-4-11(5-3-10)15(17)18;/h1-7,9H,8H2;1H/q+1;/p-1. The summed E-state index contributed by atoms with van der Waals surface area (Å²) < 4.78 is 1.67. The van der Waals surface area contributed by atoms with Gasteiger partial charge in [-0.2, -0.15) is 0 Å². The van der Waals surface area contributed by atoms with Gasteiger partial charge < -0.3 is 17.0 Å². The van der Waals surface area contributed by atoms with Crippen molar-refractivity contribution in [1.82, 2.24) is 4.98 Å². The summed E-state index contributed by atoms with van der Waals surface area (Å²) >= 11 is 0. The minimum atomic E-state index is -0.457. The van der Waals surface area contributed by atoms with Crippen LogP contribution in [0.4, 0.5) is 5.69 Å². The molecule has 0 bridgehead atoms. The topological polar surface area (TPSA) is 77.0 Å². The van der Waals surface area contributed by atoms with Crippen molar-refractivity contribution in [3.8, 4) is 11.4 Å². The molecule has 0 fully saturated rings. The fourth-order valence-corrected chi connectivity index (χ4v) is 1.60. The van der Waals surface area contributed by atoms with Crippen LogP contribution in [-0.2, 0) is 11.3 Å². The molecule has 7 heteroatoms. The lowest BCUT2D eigenvalue weighted by molar-refractivity contribution is -0.674. The van der Waals surface area contributed by atoms with Gasteiger partial charge in [-0.25, -0.2) is 4.57 Å². The smallest absolute Gasteiger partial charge is 0.330 e. The highest BCUT2D eigenvalue weighted by Crippen LogP contribution is 2.17. The Morgan fingerprint density at radius 3 is 2.58 bits per heavy atom. The molecule has 0 amide bonds. The first-order valence-corrected chi connectivity index (χ1v) is 5.25. The van der Waals surface area contributed by atoms with Crippen molar-refractivity contribution in [3.05, 3.63) is 52.8 Å². The van der Waals surface area contributed by atoms with Crippen LogP contribution >= 0.6 is 0 Å². The van der Waals surface area contributed by atoms with Crippen molar-refractivity contribution in [2.45, 2.75) is 6.54 Å². The Kier molecular flexibility index (Phi) is 5.25. The third-order valence-corrected chi connectivity index (χ3v) is 2.43. The number of aromatic nitrogens is 2. The number of hydrogen-bond donors (Lipinski definition) is 0. The second-order valence-electron chi connectivity index (χ2n) is 3.57. The molecule has 0 aliphatic rings. The Bertz CT molecular complexity index is 587. The molecule has 1 aromatic carbocycles. The van der Waals surface area contributed by atoms with Gasteiger partial charge in [-0.1, -0.05) is 0 Å². The number of aldehydes is 1. The molecule has 1 heterocycles. The average molecular weight is 324 g/mol. The maximum atomic E-state index is 10.6. The summed E-state index contributed by atoms with van der Waals surface area (Å²) in [6.45, 7) is 0.195. The number of nitro benzene ring substituents is 1. The summed E-state index contributed by atoms with van der Waals surface area (Å²) in [6.07, 6.45) is 4.12. The van der Waals surface area contributed by atoms with Crippen LogP contribution in [0.25, 0.3) is 11.4 Å². The molecule has 0 aliphatic carbocycles. The van der Waals surface area contributed by atoms with Gasteiger partial charge in [0.25, 0.3) is 5.69 Å². The van der Waals surface area contributed by atoms with Gasteiger partial charge in [0, 0.05) is 18.2 Å². The van der Waals surface area contributed by atoms with E-state index in [9.17, 15) is 14.9 Å². The second-order valence-corrected chi connectivity index (χ2v) is 3.57. The van der Waals surface area contributed by atoms with Gasteiger partial charge >= 0.3 is 5.82 Å². The number of nitrogens with zero attached hydrogens (tertiary/aromatic N) is 3. The molecule has 2 aromatic rings. The monoisotopic (exact) mass is 323 g/mol. The molecular formula is C12H10BrN3O3. The number of nitro groups is 1. The van der Waals surface area contributed by atoms with E-state index in [1.165, 1.54) is 12.1 Å². The molecule has 0 N–H and O–H groups in total. The molecule has 0 saturated heterocycles. The van der Waals surface area contributed by atoms with Crippen molar-refractivity contribution in [2.75, 3.05) is 0 Å². The zero-order chi connectivity index (χ0) is 13.0. The van der Waals surface area contributed by atoms with Gasteiger partial charge in [-0.15, -0.1) is 0 Å². The van der Waals surface area contributed by atoms with E-state index in [0.29, 0.717) is 5.82 Å². The maximum absolute atomic E-state index is 10.6. The molecule has 0 radical (unpaired) electrons. The van der Waals surface area contributed by atoms with Gasteiger partial charge in [0.1, 0.15) is 12.7 Å². The molecule has 0 aliphatic heterocycles. The highest BCUT2D eigenvalue weighted by molar-refractivity contribution is 5.55. The fourth-order valence-electron chi connectivity index (χ4n) is 1.60. The van der Waals surface area contributed by atoms with E-state index in [2.05, 4.69) is 4.98 Å². The molecule has 1 aromatic heterocycles. The lowest BCUT2D eigenvalue weighted by Crippen LogP contribution is -3.00. The lowest BCUT2D eigenvalue weighted by atomic mass is 10.2. The average Bonchev–Trinajstić information content (AvgIpc) is 2.40. The normalized spacial score (nSPS) is 9.47. The first-order valence-electron chi connectivity index (χ1n) is 5.25. The van der Waals surface area contributed by atoms with Crippen molar-refractivity contribution >= 4 is 12.0 Å². The van der Waals surface area contributed by atoms with E-state index < -0.39 is 4.92 Å². The zero-order valence-electron chi connectivity index (χ0n) is 9.77. The van der Waals surface area contributed by atoms with E-state index in [-0.39, 0.29) is 29.2 Å². The van der Waals surface area contributed by atoms with Crippen molar-refractivity contribution < 1.29 is 31.3 Å². The molecule has 98 valence electrons. The van der Waals surface area contributed by atoms with Gasteiger partial charge in [0.15, 0.2) is 6.29 Å². The first-order chi connectivity index (χ1) is 8.72. The predicted molar refractivity (Wildman–Crippen MR) is 62.6 cm³/mol. The van der Waals surface area contributed by atoms with Gasteiger partial charge in [-0.3, -0.25) is 14.9 Å². The van der Waals surface area contributed by atoms with E-state index >= 15 is 0 Å². The third kappa shape index (κ3) is 3.41. The number of carbonyl (C=O) groups excluding carboxylic acids is 1. The van der Waals surface area contributed by atoms with Crippen LogP contribution in [0, 0.1) is 10.1 Å². The number of non-ortho nitro benzene ring substituents is 1. The number of rotatable bonds is 4. The Balaban J connectivity index is 0.00000180. The molecule has 0 saturated carbocycles. The van der Waals surface area contributed by atoms with E-state index in [1.807, 2.05) is 0 Å². The van der Waals surface area contributed by atoms with Gasteiger partial charge in [0.05, 0.1) is 16.7 Å². The van der Waals surface area contributed by atoms with Crippen molar-refractivity contribution in [1.29, 1.82) is 0 Å².